The van der Waals surface area contributed by atoms with Crippen molar-refractivity contribution in [3.63, 3.8) is 0 Å². The first kappa shape index (κ1) is 18.4. The lowest BCUT2D eigenvalue weighted by atomic mass is 9.85. The summed E-state index contributed by atoms with van der Waals surface area (Å²) in [6.07, 6.45) is 1.78. The average Bonchev–Trinajstić information content (AvgIpc) is 3.09. The van der Waals surface area contributed by atoms with Crippen molar-refractivity contribution in [1.29, 1.82) is 0 Å². The Morgan fingerprint density at radius 1 is 1.33 bits per heavy atom. The second kappa shape index (κ2) is 7.58. The average molecular weight is 388 g/mol. The third-order valence-electron chi connectivity index (χ3n) is 5.64. The van der Waals surface area contributed by atoms with Crippen LogP contribution in [0.2, 0.25) is 0 Å². The van der Waals surface area contributed by atoms with Crippen molar-refractivity contribution in [2.75, 3.05) is 32.8 Å². The lowest BCUT2D eigenvalue weighted by Crippen LogP contribution is -2.61. The first-order valence-electron chi connectivity index (χ1n) is 9.38. The molecule has 2 aliphatic heterocycles. The van der Waals surface area contributed by atoms with Crippen LogP contribution in [0.1, 0.15) is 33.9 Å². The molecule has 1 spiro atoms. The lowest BCUT2D eigenvalue weighted by molar-refractivity contribution is -0.0961. The predicted molar refractivity (Wildman–Crippen MR) is 104 cm³/mol. The number of thiazole rings is 1. The lowest BCUT2D eigenvalue weighted by Gasteiger charge is -2.51. The van der Waals surface area contributed by atoms with Crippen LogP contribution in [0.4, 0.5) is 0 Å². The van der Waals surface area contributed by atoms with Gasteiger partial charge in [0.15, 0.2) is 0 Å². The van der Waals surface area contributed by atoms with E-state index in [9.17, 15) is 9.90 Å². The number of phenols is 1. The van der Waals surface area contributed by atoms with Crippen molar-refractivity contribution in [3.8, 4) is 5.75 Å². The second-order valence-corrected chi connectivity index (χ2v) is 8.46. The van der Waals surface area contributed by atoms with Crippen molar-refractivity contribution < 1.29 is 14.6 Å². The van der Waals surface area contributed by atoms with Crippen LogP contribution >= 0.6 is 11.3 Å². The zero-order valence-corrected chi connectivity index (χ0v) is 16.4. The van der Waals surface area contributed by atoms with Gasteiger partial charge >= 0.3 is 0 Å². The Bertz CT molecular complexity index is 814. The first-order chi connectivity index (χ1) is 13.1. The zero-order valence-electron chi connectivity index (χ0n) is 15.6. The molecule has 2 fully saturated rings. The van der Waals surface area contributed by atoms with E-state index >= 15 is 0 Å². The number of rotatable bonds is 3. The van der Waals surface area contributed by atoms with Gasteiger partial charge in [0.25, 0.3) is 5.91 Å². The molecule has 2 saturated heterocycles. The number of amides is 1. The molecule has 0 unspecified atom stereocenters. The number of aryl methyl sites for hydroxylation is 1. The third kappa shape index (κ3) is 3.85. The van der Waals surface area contributed by atoms with Crippen LogP contribution in [0.3, 0.4) is 0 Å². The number of likely N-dealkylation sites (tertiary alicyclic amines) is 1. The van der Waals surface area contributed by atoms with E-state index < -0.39 is 0 Å². The number of ether oxygens (including phenoxy) is 1. The number of hydrogen-bond acceptors (Lipinski definition) is 6. The van der Waals surface area contributed by atoms with E-state index in [0.717, 1.165) is 43.2 Å². The van der Waals surface area contributed by atoms with Crippen molar-refractivity contribution >= 4 is 17.2 Å². The molecule has 0 atom stereocenters. The summed E-state index contributed by atoms with van der Waals surface area (Å²) in [5, 5.41) is 12.9. The van der Waals surface area contributed by atoms with E-state index in [4.69, 9.17) is 4.74 Å². The van der Waals surface area contributed by atoms with Crippen LogP contribution in [-0.4, -0.2) is 64.2 Å². The normalized spacial score (nSPS) is 20.1. The Labute approximate surface area is 163 Å². The van der Waals surface area contributed by atoms with Gasteiger partial charge < -0.3 is 14.7 Å². The fraction of sp³-hybridized carbons (Fsp3) is 0.500. The van der Waals surface area contributed by atoms with Gasteiger partial charge in [0.2, 0.25) is 0 Å². The van der Waals surface area contributed by atoms with Gasteiger partial charge in [0.05, 0.1) is 23.9 Å². The van der Waals surface area contributed by atoms with E-state index in [1.54, 1.807) is 29.5 Å². The Balaban J connectivity index is 1.44. The van der Waals surface area contributed by atoms with Gasteiger partial charge in [-0.3, -0.25) is 9.69 Å². The Morgan fingerprint density at radius 2 is 2.15 bits per heavy atom. The summed E-state index contributed by atoms with van der Waals surface area (Å²) in [4.78, 5) is 21.8. The van der Waals surface area contributed by atoms with Crippen LogP contribution in [-0.2, 0) is 11.3 Å². The summed E-state index contributed by atoms with van der Waals surface area (Å²) < 4.78 is 5.84. The molecule has 0 aliphatic carbocycles. The Hall–Kier alpha value is -1.96. The topological polar surface area (TPSA) is 65.9 Å². The Morgan fingerprint density at radius 3 is 2.85 bits per heavy atom. The smallest absolute Gasteiger partial charge is 0.253 e. The fourth-order valence-corrected chi connectivity index (χ4v) is 4.70. The molecule has 2 aliphatic rings. The molecule has 1 aromatic carbocycles. The number of nitrogens with zero attached hydrogens (tertiary/aromatic N) is 3. The molecular formula is C20H25N3O3S. The molecule has 4 rings (SSSR count). The summed E-state index contributed by atoms with van der Waals surface area (Å²) in [6.45, 7) is 6.63. The largest absolute Gasteiger partial charge is 0.508 e. The van der Waals surface area contributed by atoms with Crippen molar-refractivity contribution in [2.45, 2.75) is 31.8 Å². The van der Waals surface area contributed by atoms with Crippen LogP contribution in [0.15, 0.2) is 29.6 Å². The maximum atomic E-state index is 12.8. The minimum atomic E-state index is -0.0224. The zero-order chi connectivity index (χ0) is 18.9. The van der Waals surface area contributed by atoms with E-state index in [0.29, 0.717) is 25.3 Å². The quantitative estimate of drug-likeness (QED) is 0.877. The standard InChI is InChI=1S/C20H25N3O3S/c1-15-21-17(13-27-15)12-23-9-10-26-14-20(23)5-7-22(8-6-20)19(25)16-3-2-4-18(24)11-16/h2-4,11,13,24H,5-10,12,14H2,1H3. The summed E-state index contributed by atoms with van der Waals surface area (Å²) >= 11 is 1.69. The van der Waals surface area contributed by atoms with Crippen molar-refractivity contribution in [2.24, 2.45) is 0 Å². The van der Waals surface area contributed by atoms with E-state index in [2.05, 4.69) is 15.3 Å². The molecule has 2 aromatic rings. The molecular weight excluding hydrogens is 362 g/mol. The van der Waals surface area contributed by atoms with Crippen LogP contribution < -0.4 is 0 Å². The van der Waals surface area contributed by atoms with Crippen LogP contribution in [0, 0.1) is 6.92 Å². The molecule has 6 nitrogen and oxygen atoms in total. The highest BCUT2D eigenvalue weighted by molar-refractivity contribution is 7.09. The fourth-order valence-electron chi connectivity index (χ4n) is 4.10. The number of phenolic OH excluding ortho intramolecular Hbond substituents is 1. The van der Waals surface area contributed by atoms with E-state index in [1.165, 1.54) is 6.07 Å². The number of piperidine rings is 1. The number of aromatic nitrogens is 1. The van der Waals surface area contributed by atoms with E-state index in [1.807, 2.05) is 11.8 Å². The molecule has 144 valence electrons. The summed E-state index contributed by atoms with van der Waals surface area (Å²) in [5.41, 5.74) is 1.64. The molecule has 27 heavy (non-hydrogen) atoms. The molecule has 1 N–H and O–H groups in total. The SMILES string of the molecule is Cc1nc(CN2CCOCC23CCN(C(=O)c2cccc(O)c2)CC3)cs1. The molecule has 0 bridgehead atoms. The predicted octanol–water partition coefficient (Wildman–Crippen LogP) is 2.66. The van der Waals surface area contributed by atoms with Crippen LogP contribution in [0.5, 0.6) is 5.75 Å². The van der Waals surface area contributed by atoms with Crippen molar-refractivity contribution in [3.05, 3.63) is 45.9 Å². The highest BCUT2D eigenvalue weighted by Gasteiger charge is 2.43. The molecule has 1 aromatic heterocycles. The van der Waals surface area contributed by atoms with Gasteiger partial charge in [-0.2, -0.15) is 0 Å². The minimum absolute atomic E-state index is 0.0147. The van der Waals surface area contributed by atoms with Gasteiger partial charge in [-0.15, -0.1) is 11.3 Å². The third-order valence-corrected chi connectivity index (χ3v) is 6.46. The number of carbonyl (C=O) groups excluding carboxylic acids is 1. The molecule has 3 heterocycles. The monoisotopic (exact) mass is 387 g/mol. The van der Waals surface area contributed by atoms with Gasteiger partial charge in [-0.05, 0) is 38.0 Å². The van der Waals surface area contributed by atoms with Crippen LogP contribution in [0.25, 0.3) is 0 Å². The molecule has 1 amide bonds. The highest BCUT2D eigenvalue weighted by Crippen LogP contribution is 2.33. The van der Waals surface area contributed by atoms with E-state index in [-0.39, 0.29) is 17.2 Å². The number of hydrogen-bond donors (Lipinski definition) is 1. The maximum absolute atomic E-state index is 12.8. The van der Waals surface area contributed by atoms with Crippen molar-refractivity contribution in [1.82, 2.24) is 14.8 Å². The number of morpholine rings is 1. The van der Waals surface area contributed by atoms with Gasteiger partial charge in [0.1, 0.15) is 5.75 Å². The first-order valence-corrected chi connectivity index (χ1v) is 10.3. The summed E-state index contributed by atoms with van der Waals surface area (Å²) in [5.74, 6) is 0.110. The van der Waals surface area contributed by atoms with Gasteiger partial charge in [-0.1, -0.05) is 6.07 Å². The number of benzene rings is 1. The molecule has 7 heteroatoms. The molecule has 0 radical (unpaired) electrons. The number of aromatic hydroxyl groups is 1. The molecule has 0 saturated carbocycles. The Kier molecular flexibility index (Phi) is 5.16. The summed E-state index contributed by atoms with van der Waals surface area (Å²) in [6, 6.07) is 6.58. The van der Waals surface area contributed by atoms with Gasteiger partial charge in [-0.25, -0.2) is 4.98 Å². The second-order valence-electron chi connectivity index (χ2n) is 7.40. The minimum Gasteiger partial charge on any atom is -0.508 e. The highest BCUT2D eigenvalue weighted by atomic mass is 32.1. The number of carbonyl (C=O) groups is 1. The van der Waals surface area contributed by atoms with Gasteiger partial charge in [0, 0.05) is 42.7 Å². The summed E-state index contributed by atoms with van der Waals surface area (Å²) in [7, 11) is 0. The maximum Gasteiger partial charge on any atom is 0.253 e.